The van der Waals surface area contributed by atoms with Crippen LogP contribution in [0.3, 0.4) is 0 Å². The SMILES string of the molecule is COC[C@H](C)NC(=O)NC[C@H](c1ccco1)N1CCCCC1. The summed E-state index contributed by atoms with van der Waals surface area (Å²) < 4.78 is 10.6. The molecule has 0 bridgehead atoms. The minimum Gasteiger partial charge on any atom is -0.468 e. The van der Waals surface area contributed by atoms with E-state index in [1.165, 1.54) is 19.3 Å². The number of hydrogen-bond acceptors (Lipinski definition) is 4. The number of rotatable bonds is 7. The van der Waals surface area contributed by atoms with Gasteiger partial charge >= 0.3 is 6.03 Å². The van der Waals surface area contributed by atoms with Crippen LogP contribution in [0.25, 0.3) is 0 Å². The van der Waals surface area contributed by atoms with E-state index < -0.39 is 0 Å². The van der Waals surface area contributed by atoms with Crippen LogP contribution in [0, 0.1) is 0 Å². The smallest absolute Gasteiger partial charge is 0.315 e. The van der Waals surface area contributed by atoms with Gasteiger partial charge in [-0.3, -0.25) is 4.90 Å². The fraction of sp³-hybridized carbons (Fsp3) is 0.688. The van der Waals surface area contributed by atoms with Gasteiger partial charge in [0.05, 0.1) is 25.0 Å². The van der Waals surface area contributed by atoms with E-state index in [1.54, 1.807) is 13.4 Å². The molecule has 2 heterocycles. The predicted octanol–water partition coefficient (Wildman–Crippen LogP) is 2.14. The number of carbonyl (C=O) groups excluding carboxylic acids is 1. The number of piperidine rings is 1. The molecule has 2 rings (SSSR count). The van der Waals surface area contributed by atoms with Crippen molar-refractivity contribution in [2.75, 3.05) is 33.4 Å². The number of methoxy groups -OCH3 is 1. The summed E-state index contributed by atoms with van der Waals surface area (Å²) in [5.74, 6) is 0.909. The minimum atomic E-state index is -0.168. The molecule has 0 aliphatic carbocycles. The fourth-order valence-electron chi connectivity index (χ4n) is 2.88. The van der Waals surface area contributed by atoms with E-state index in [9.17, 15) is 4.79 Å². The van der Waals surface area contributed by atoms with Crippen molar-refractivity contribution in [2.45, 2.75) is 38.3 Å². The molecule has 6 nitrogen and oxygen atoms in total. The Kier molecular flexibility index (Phi) is 6.74. The van der Waals surface area contributed by atoms with Gasteiger partial charge in [0.25, 0.3) is 0 Å². The number of ether oxygens (including phenoxy) is 1. The third-order valence-electron chi connectivity index (χ3n) is 3.95. The third kappa shape index (κ3) is 5.03. The number of likely N-dealkylation sites (tertiary alicyclic amines) is 1. The van der Waals surface area contributed by atoms with Crippen molar-refractivity contribution in [2.24, 2.45) is 0 Å². The number of nitrogens with zero attached hydrogens (tertiary/aromatic N) is 1. The molecule has 1 fully saturated rings. The predicted molar refractivity (Wildman–Crippen MR) is 84.7 cm³/mol. The molecular formula is C16H27N3O3. The summed E-state index contributed by atoms with van der Waals surface area (Å²) in [4.78, 5) is 14.3. The summed E-state index contributed by atoms with van der Waals surface area (Å²) >= 11 is 0. The molecule has 1 aliphatic rings. The Balaban J connectivity index is 1.88. The third-order valence-corrected chi connectivity index (χ3v) is 3.95. The van der Waals surface area contributed by atoms with Gasteiger partial charge in [-0.15, -0.1) is 0 Å². The van der Waals surface area contributed by atoms with E-state index in [2.05, 4.69) is 15.5 Å². The molecule has 2 N–H and O–H groups in total. The summed E-state index contributed by atoms with van der Waals surface area (Å²) in [5, 5.41) is 5.81. The molecule has 0 aromatic carbocycles. The zero-order valence-corrected chi connectivity index (χ0v) is 13.5. The van der Waals surface area contributed by atoms with Crippen LogP contribution in [0.5, 0.6) is 0 Å². The summed E-state index contributed by atoms with van der Waals surface area (Å²) in [6, 6.07) is 3.79. The van der Waals surface area contributed by atoms with Crippen LogP contribution < -0.4 is 10.6 Å². The first-order chi connectivity index (χ1) is 10.7. The van der Waals surface area contributed by atoms with Gasteiger partial charge in [-0.2, -0.15) is 0 Å². The lowest BCUT2D eigenvalue weighted by Gasteiger charge is -2.33. The molecule has 2 amide bonds. The first kappa shape index (κ1) is 16.8. The second-order valence-corrected chi connectivity index (χ2v) is 5.84. The second kappa shape index (κ2) is 8.80. The largest absolute Gasteiger partial charge is 0.468 e. The highest BCUT2D eigenvalue weighted by Gasteiger charge is 2.24. The first-order valence-electron chi connectivity index (χ1n) is 8.01. The van der Waals surface area contributed by atoms with Gasteiger partial charge in [0.2, 0.25) is 0 Å². The highest BCUT2D eigenvalue weighted by Crippen LogP contribution is 2.24. The summed E-state index contributed by atoms with van der Waals surface area (Å²) in [7, 11) is 1.62. The van der Waals surface area contributed by atoms with Gasteiger partial charge in [-0.1, -0.05) is 6.42 Å². The quantitative estimate of drug-likeness (QED) is 0.810. The molecule has 22 heavy (non-hydrogen) atoms. The van der Waals surface area contributed by atoms with Crippen LogP contribution in [0.15, 0.2) is 22.8 Å². The second-order valence-electron chi connectivity index (χ2n) is 5.84. The first-order valence-corrected chi connectivity index (χ1v) is 8.01. The summed E-state index contributed by atoms with van der Waals surface area (Å²) in [6.07, 6.45) is 5.37. The van der Waals surface area contributed by atoms with E-state index in [4.69, 9.17) is 9.15 Å². The Morgan fingerprint density at radius 2 is 2.18 bits per heavy atom. The lowest BCUT2D eigenvalue weighted by atomic mass is 10.1. The maximum atomic E-state index is 12.0. The zero-order chi connectivity index (χ0) is 15.8. The lowest BCUT2D eigenvalue weighted by molar-refractivity contribution is 0.142. The van der Waals surface area contributed by atoms with Gasteiger partial charge in [0.15, 0.2) is 0 Å². The van der Waals surface area contributed by atoms with Crippen molar-refractivity contribution in [1.29, 1.82) is 0 Å². The molecule has 6 heteroatoms. The van der Waals surface area contributed by atoms with Crippen molar-refractivity contribution >= 4 is 6.03 Å². The minimum absolute atomic E-state index is 0.0120. The van der Waals surface area contributed by atoms with Crippen molar-refractivity contribution < 1.29 is 13.9 Å². The Labute approximate surface area is 132 Å². The molecule has 1 aliphatic heterocycles. The number of urea groups is 1. The maximum absolute atomic E-state index is 12.0. The Morgan fingerprint density at radius 3 is 2.82 bits per heavy atom. The molecule has 0 radical (unpaired) electrons. The average Bonchev–Trinajstić information content (AvgIpc) is 3.03. The highest BCUT2D eigenvalue weighted by molar-refractivity contribution is 5.74. The van der Waals surface area contributed by atoms with E-state index in [1.807, 2.05) is 19.1 Å². The highest BCUT2D eigenvalue weighted by atomic mass is 16.5. The zero-order valence-electron chi connectivity index (χ0n) is 13.5. The molecule has 1 aromatic heterocycles. The van der Waals surface area contributed by atoms with Crippen LogP contribution in [-0.2, 0) is 4.74 Å². The van der Waals surface area contributed by atoms with E-state index in [-0.39, 0.29) is 18.1 Å². The summed E-state index contributed by atoms with van der Waals surface area (Å²) in [6.45, 7) is 5.06. The van der Waals surface area contributed by atoms with Gasteiger partial charge in [0, 0.05) is 13.7 Å². The molecule has 2 atom stereocenters. The van der Waals surface area contributed by atoms with Crippen molar-refractivity contribution in [3.63, 3.8) is 0 Å². The normalized spacial score (nSPS) is 18.6. The van der Waals surface area contributed by atoms with Crippen LogP contribution in [-0.4, -0.2) is 50.3 Å². The molecular weight excluding hydrogens is 282 g/mol. The average molecular weight is 309 g/mol. The van der Waals surface area contributed by atoms with Crippen LogP contribution >= 0.6 is 0 Å². The molecule has 1 saturated heterocycles. The van der Waals surface area contributed by atoms with Gasteiger partial charge in [-0.25, -0.2) is 4.79 Å². The maximum Gasteiger partial charge on any atom is 0.315 e. The Bertz CT molecular complexity index is 430. The van der Waals surface area contributed by atoms with Crippen molar-refractivity contribution in [1.82, 2.24) is 15.5 Å². The number of carbonyl (C=O) groups is 1. The molecule has 0 spiro atoms. The van der Waals surface area contributed by atoms with Gasteiger partial charge in [0.1, 0.15) is 5.76 Å². The van der Waals surface area contributed by atoms with Crippen LogP contribution in [0.2, 0.25) is 0 Å². The van der Waals surface area contributed by atoms with Crippen molar-refractivity contribution in [3.05, 3.63) is 24.2 Å². The molecule has 1 aromatic rings. The lowest BCUT2D eigenvalue weighted by Crippen LogP contribution is -2.46. The van der Waals surface area contributed by atoms with E-state index in [0.29, 0.717) is 13.2 Å². The van der Waals surface area contributed by atoms with Crippen LogP contribution in [0.1, 0.15) is 38.0 Å². The molecule has 124 valence electrons. The Morgan fingerprint density at radius 1 is 1.41 bits per heavy atom. The summed E-state index contributed by atoms with van der Waals surface area (Å²) in [5.41, 5.74) is 0. The number of hydrogen-bond donors (Lipinski definition) is 2. The van der Waals surface area contributed by atoms with E-state index >= 15 is 0 Å². The standard InChI is InChI=1S/C16H27N3O3/c1-13(12-21-2)18-16(20)17-11-14(15-7-6-10-22-15)19-8-4-3-5-9-19/h6-7,10,13-14H,3-5,8-9,11-12H2,1-2H3,(H2,17,18,20)/t13-,14+/m0/s1. The topological polar surface area (TPSA) is 66.7 Å². The van der Waals surface area contributed by atoms with Crippen LogP contribution in [0.4, 0.5) is 4.79 Å². The van der Waals surface area contributed by atoms with Crippen molar-refractivity contribution in [3.8, 4) is 0 Å². The Hall–Kier alpha value is -1.53. The fourth-order valence-corrected chi connectivity index (χ4v) is 2.88. The number of amides is 2. The van der Waals surface area contributed by atoms with Gasteiger partial charge in [-0.05, 0) is 45.0 Å². The number of furan rings is 1. The number of nitrogens with one attached hydrogen (secondary N) is 2. The molecule has 0 saturated carbocycles. The van der Waals surface area contributed by atoms with E-state index in [0.717, 1.165) is 18.8 Å². The monoisotopic (exact) mass is 309 g/mol. The molecule has 0 unspecified atom stereocenters. The van der Waals surface area contributed by atoms with Gasteiger partial charge < -0.3 is 19.8 Å².